The van der Waals surface area contributed by atoms with E-state index >= 15 is 0 Å². The first-order valence-corrected chi connectivity index (χ1v) is 8.39. The van der Waals surface area contributed by atoms with Crippen molar-refractivity contribution in [2.45, 2.75) is 6.92 Å². The van der Waals surface area contributed by atoms with Crippen molar-refractivity contribution in [2.75, 3.05) is 43.5 Å². The van der Waals surface area contributed by atoms with Gasteiger partial charge in [0.15, 0.2) is 5.82 Å². The maximum absolute atomic E-state index is 12.4. The molecule has 1 saturated heterocycles. The summed E-state index contributed by atoms with van der Waals surface area (Å²) < 4.78 is 5.11. The minimum absolute atomic E-state index is 0.143. The van der Waals surface area contributed by atoms with Crippen molar-refractivity contribution < 1.29 is 9.53 Å². The minimum atomic E-state index is -0.143. The molecule has 1 aliphatic rings. The van der Waals surface area contributed by atoms with E-state index in [1.54, 1.807) is 30.2 Å². The number of aromatic nitrogens is 2. The lowest BCUT2D eigenvalue weighted by molar-refractivity contribution is 0.208. The molecular formula is C17H20ClN5O2. The molecule has 8 heteroatoms. The van der Waals surface area contributed by atoms with Crippen LogP contribution in [-0.2, 0) is 0 Å². The molecule has 2 amide bonds. The van der Waals surface area contributed by atoms with Crippen molar-refractivity contribution in [2.24, 2.45) is 0 Å². The molecular weight excluding hydrogens is 342 g/mol. The van der Waals surface area contributed by atoms with Crippen LogP contribution < -0.4 is 15.0 Å². The molecule has 1 aromatic carbocycles. The second-order valence-electron chi connectivity index (χ2n) is 5.79. The Balaban J connectivity index is 1.56. The van der Waals surface area contributed by atoms with Crippen LogP contribution in [0.4, 0.5) is 16.3 Å². The van der Waals surface area contributed by atoms with E-state index in [1.807, 2.05) is 19.1 Å². The Labute approximate surface area is 151 Å². The fourth-order valence-corrected chi connectivity index (χ4v) is 2.90. The Morgan fingerprint density at radius 3 is 2.52 bits per heavy atom. The van der Waals surface area contributed by atoms with Gasteiger partial charge in [0.05, 0.1) is 17.8 Å². The molecule has 0 radical (unpaired) electrons. The summed E-state index contributed by atoms with van der Waals surface area (Å²) in [5.74, 6) is 1.42. The van der Waals surface area contributed by atoms with E-state index in [0.29, 0.717) is 42.6 Å². The predicted molar refractivity (Wildman–Crippen MR) is 97.6 cm³/mol. The number of carbonyl (C=O) groups is 1. The summed E-state index contributed by atoms with van der Waals surface area (Å²) in [6.45, 7) is 4.57. The molecule has 7 nitrogen and oxygen atoms in total. The Morgan fingerprint density at radius 1 is 1.16 bits per heavy atom. The molecule has 132 valence electrons. The molecule has 0 spiro atoms. The number of anilines is 2. The predicted octanol–water partition coefficient (Wildman–Crippen LogP) is 2.80. The largest absolute Gasteiger partial charge is 0.495 e. The topological polar surface area (TPSA) is 70.6 Å². The number of methoxy groups -OCH3 is 1. The molecule has 25 heavy (non-hydrogen) atoms. The van der Waals surface area contributed by atoms with E-state index in [0.717, 1.165) is 11.5 Å². The van der Waals surface area contributed by atoms with Crippen molar-refractivity contribution in [1.82, 2.24) is 15.1 Å². The summed E-state index contributed by atoms with van der Waals surface area (Å²) in [7, 11) is 1.55. The van der Waals surface area contributed by atoms with Crippen molar-refractivity contribution in [3.63, 3.8) is 0 Å². The Bertz CT molecular complexity index is 745. The third kappa shape index (κ3) is 4.11. The monoisotopic (exact) mass is 361 g/mol. The van der Waals surface area contributed by atoms with Gasteiger partial charge in [-0.1, -0.05) is 11.6 Å². The number of halogens is 1. The summed E-state index contributed by atoms with van der Waals surface area (Å²) in [5.41, 5.74) is 1.53. The smallest absolute Gasteiger partial charge is 0.321 e. The highest BCUT2D eigenvalue weighted by atomic mass is 35.5. The van der Waals surface area contributed by atoms with Gasteiger partial charge in [-0.05, 0) is 37.3 Å². The number of carbonyl (C=O) groups excluding carboxylic acids is 1. The molecule has 0 atom stereocenters. The lowest BCUT2D eigenvalue weighted by Crippen LogP contribution is -2.50. The third-order valence-corrected chi connectivity index (χ3v) is 4.37. The van der Waals surface area contributed by atoms with Crippen molar-refractivity contribution in [1.29, 1.82) is 0 Å². The fourth-order valence-electron chi connectivity index (χ4n) is 2.65. The highest BCUT2D eigenvalue weighted by Gasteiger charge is 2.22. The van der Waals surface area contributed by atoms with Crippen molar-refractivity contribution in [3.8, 4) is 5.75 Å². The highest BCUT2D eigenvalue weighted by Crippen LogP contribution is 2.27. The number of rotatable bonds is 3. The zero-order chi connectivity index (χ0) is 17.8. The molecule has 3 rings (SSSR count). The van der Waals surface area contributed by atoms with Gasteiger partial charge in [-0.15, -0.1) is 5.10 Å². The SMILES string of the molecule is COc1ccc(NC(=O)N2CCN(c3ccc(C)nn3)CC2)cc1Cl. The van der Waals surface area contributed by atoms with Crippen LogP contribution in [0.25, 0.3) is 0 Å². The molecule has 1 fully saturated rings. The second-order valence-corrected chi connectivity index (χ2v) is 6.19. The van der Waals surface area contributed by atoms with Crippen LogP contribution in [0.2, 0.25) is 5.02 Å². The minimum Gasteiger partial charge on any atom is -0.495 e. The average Bonchev–Trinajstić information content (AvgIpc) is 2.63. The van der Waals surface area contributed by atoms with Gasteiger partial charge in [0.1, 0.15) is 5.75 Å². The first-order valence-electron chi connectivity index (χ1n) is 8.01. The number of nitrogens with one attached hydrogen (secondary N) is 1. The van der Waals surface area contributed by atoms with Crippen LogP contribution >= 0.6 is 11.6 Å². The van der Waals surface area contributed by atoms with Crippen molar-refractivity contribution >= 4 is 29.1 Å². The van der Waals surface area contributed by atoms with Gasteiger partial charge in [0, 0.05) is 31.9 Å². The number of nitrogens with zero attached hydrogens (tertiary/aromatic N) is 4. The molecule has 1 aromatic heterocycles. The number of hydrogen-bond acceptors (Lipinski definition) is 5. The third-order valence-electron chi connectivity index (χ3n) is 4.08. The van der Waals surface area contributed by atoms with E-state index in [2.05, 4.69) is 20.4 Å². The van der Waals surface area contributed by atoms with Gasteiger partial charge >= 0.3 is 6.03 Å². The van der Waals surface area contributed by atoms with E-state index in [9.17, 15) is 4.79 Å². The average molecular weight is 362 g/mol. The quantitative estimate of drug-likeness (QED) is 0.910. The standard InChI is InChI=1S/C17H20ClN5O2/c1-12-3-6-16(21-20-12)22-7-9-23(10-8-22)17(24)19-13-4-5-15(25-2)14(18)11-13/h3-6,11H,7-10H2,1-2H3,(H,19,24). The fraction of sp³-hybridized carbons (Fsp3) is 0.353. The van der Waals surface area contributed by atoms with E-state index in [1.165, 1.54) is 0 Å². The van der Waals surface area contributed by atoms with Crippen LogP contribution in [0.5, 0.6) is 5.75 Å². The van der Waals surface area contributed by atoms with Crippen LogP contribution in [0.1, 0.15) is 5.69 Å². The maximum atomic E-state index is 12.4. The summed E-state index contributed by atoms with van der Waals surface area (Å²) in [4.78, 5) is 16.3. The van der Waals surface area contributed by atoms with Gasteiger partial charge in [0.2, 0.25) is 0 Å². The zero-order valence-electron chi connectivity index (χ0n) is 14.2. The zero-order valence-corrected chi connectivity index (χ0v) is 15.0. The molecule has 1 aliphatic heterocycles. The first-order chi connectivity index (χ1) is 12.1. The summed E-state index contributed by atoms with van der Waals surface area (Å²) >= 11 is 6.09. The number of benzene rings is 1. The Kier molecular flexibility index (Phi) is 5.23. The van der Waals surface area contributed by atoms with Gasteiger partial charge < -0.3 is 19.9 Å². The number of piperazine rings is 1. The van der Waals surface area contributed by atoms with Crippen molar-refractivity contribution in [3.05, 3.63) is 41.0 Å². The summed E-state index contributed by atoms with van der Waals surface area (Å²) in [6.07, 6.45) is 0. The Morgan fingerprint density at radius 2 is 1.92 bits per heavy atom. The number of amides is 2. The van der Waals surface area contributed by atoms with Crippen LogP contribution in [0.3, 0.4) is 0 Å². The molecule has 0 unspecified atom stereocenters. The molecule has 2 heterocycles. The normalized spacial score (nSPS) is 14.4. The number of aryl methyl sites for hydroxylation is 1. The second kappa shape index (κ2) is 7.57. The number of ether oxygens (including phenoxy) is 1. The number of hydrogen-bond donors (Lipinski definition) is 1. The first kappa shape index (κ1) is 17.3. The summed E-state index contributed by atoms with van der Waals surface area (Å²) in [5, 5.41) is 11.6. The molecule has 1 N–H and O–H groups in total. The van der Waals surface area contributed by atoms with Gasteiger partial charge in [-0.3, -0.25) is 0 Å². The summed E-state index contributed by atoms with van der Waals surface area (Å²) in [6, 6.07) is 8.92. The van der Waals surface area contributed by atoms with E-state index in [-0.39, 0.29) is 6.03 Å². The molecule has 0 saturated carbocycles. The van der Waals surface area contributed by atoms with Crippen LogP contribution in [-0.4, -0.2) is 54.4 Å². The van der Waals surface area contributed by atoms with Gasteiger partial charge in [-0.2, -0.15) is 5.10 Å². The van der Waals surface area contributed by atoms with Crippen LogP contribution in [0, 0.1) is 6.92 Å². The lowest BCUT2D eigenvalue weighted by atomic mass is 10.3. The van der Waals surface area contributed by atoms with E-state index < -0.39 is 0 Å². The van der Waals surface area contributed by atoms with E-state index in [4.69, 9.17) is 16.3 Å². The number of urea groups is 1. The van der Waals surface area contributed by atoms with Gasteiger partial charge in [0.25, 0.3) is 0 Å². The molecule has 2 aromatic rings. The van der Waals surface area contributed by atoms with Crippen LogP contribution in [0.15, 0.2) is 30.3 Å². The Hall–Kier alpha value is -2.54. The van der Waals surface area contributed by atoms with Gasteiger partial charge in [-0.25, -0.2) is 4.79 Å². The maximum Gasteiger partial charge on any atom is 0.321 e. The molecule has 0 bridgehead atoms. The lowest BCUT2D eigenvalue weighted by Gasteiger charge is -2.35. The highest BCUT2D eigenvalue weighted by molar-refractivity contribution is 6.32. The molecule has 0 aliphatic carbocycles.